The molecule has 0 amide bonds. The first-order valence-corrected chi connectivity index (χ1v) is 11.6. The van der Waals surface area contributed by atoms with Crippen molar-refractivity contribution in [1.29, 1.82) is 0 Å². The number of nitrogen functional groups attached to an aromatic ring is 2. The molecule has 220 valence electrons. The quantitative estimate of drug-likeness (QED) is 0.191. The van der Waals surface area contributed by atoms with Gasteiger partial charge in [0.2, 0.25) is 5.95 Å². The molecule has 0 aliphatic heterocycles. The number of halogens is 6. The summed E-state index contributed by atoms with van der Waals surface area (Å²) in [4.78, 5) is 7.37. The summed E-state index contributed by atoms with van der Waals surface area (Å²) in [5.74, 6) is -1.42. The van der Waals surface area contributed by atoms with E-state index in [1.54, 1.807) is 49.5 Å². The second-order valence-corrected chi connectivity index (χ2v) is 9.17. The summed E-state index contributed by atoms with van der Waals surface area (Å²) >= 11 is 0. The number of phenolic OH excluding ortho intramolecular Hbond substituents is 1. The Labute approximate surface area is 230 Å². The lowest BCUT2D eigenvalue weighted by molar-refractivity contribution is -0.139. The zero-order valence-electron chi connectivity index (χ0n) is 21.6. The molecule has 0 saturated carbocycles. The van der Waals surface area contributed by atoms with Crippen molar-refractivity contribution in [2.24, 2.45) is 14.1 Å². The fraction of sp³-hybridized carbons (Fsp3) is 0.259. The fourth-order valence-electron chi connectivity index (χ4n) is 4.35. The second kappa shape index (κ2) is 10.7. The number of benzene rings is 2. The summed E-state index contributed by atoms with van der Waals surface area (Å²) in [6.07, 6.45) is -4.51. The highest BCUT2D eigenvalue weighted by Gasteiger charge is 2.36. The van der Waals surface area contributed by atoms with Gasteiger partial charge >= 0.3 is 12.4 Å². The number of phenols is 1. The minimum Gasteiger partial charge on any atom is -0.507 e. The Kier molecular flexibility index (Phi) is 8.10. The van der Waals surface area contributed by atoms with Gasteiger partial charge in [0.05, 0.1) is 11.8 Å². The van der Waals surface area contributed by atoms with E-state index in [4.69, 9.17) is 16.2 Å². The minimum atomic E-state index is -4.59. The number of nitrogens with two attached hydrogens (primary N) is 2. The third-order valence-electron chi connectivity index (χ3n) is 6.23. The van der Waals surface area contributed by atoms with Gasteiger partial charge in [-0.2, -0.15) is 31.3 Å². The number of anilines is 2. The number of ether oxygens (including phenoxy) is 1. The largest absolute Gasteiger partial charge is 0.507 e. The van der Waals surface area contributed by atoms with Crippen LogP contribution in [-0.2, 0) is 26.4 Å². The lowest BCUT2D eigenvalue weighted by Crippen LogP contribution is -2.09. The van der Waals surface area contributed by atoms with E-state index >= 15 is 0 Å². The number of aromatic hydroxyl groups is 1. The van der Waals surface area contributed by atoms with Crippen LogP contribution < -0.4 is 16.2 Å². The zero-order valence-corrected chi connectivity index (χ0v) is 21.6. The molecule has 0 radical (unpaired) electrons. The van der Waals surface area contributed by atoms with Crippen LogP contribution in [-0.4, -0.2) is 24.2 Å². The predicted molar refractivity (Wildman–Crippen MR) is 145 cm³/mol. The zero-order chi connectivity index (χ0) is 29.7. The van der Waals surface area contributed by atoms with Crippen molar-refractivity contribution in [2.45, 2.75) is 33.6 Å². The Hall–Kier alpha value is -4.62. The van der Waals surface area contributed by atoms with Crippen molar-refractivity contribution in [3.8, 4) is 17.2 Å². The number of aryl methyl sites for hydroxylation is 4. The van der Waals surface area contributed by atoms with E-state index < -0.39 is 29.2 Å². The van der Waals surface area contributed by atoms with Crippen LogP contribution in [0.5, 0.6) is 17.2 Å². The molecule has 2 aromatic carbocycles. The Morgan fingerprint density at radius 3 is 1.76 bits per heavy atom. The van der Waals surface area contributed by atoms with Gasteiger partial charge < -0.3 is 30.4 Å². The van der Waals surface area contributed by atoms with Crippen molar-refractivity contribution in [3.63, 3.8) is 0 Å². The highest BCUT2D eigenvalue weighted by molar-refractivity contribution is 5.87. The molecule has 41 heavy (non-hydrogen) atoms. The smallest absolute Gasteiger partial charge is 0.420 e. The summed E-state index contributed by atoms with van der Waals surface area (Å²) < 4.78 is 86.5. The summed E-state index contributed by atoms with van der Waals surface area (Å²) in [7, 11) is 3.36. The highest BCUT2D eigenvalue weighted by atomic mass is 19.4. The molecule has 3 aromatic heterocycles. The van der Waals surface area contributed by atoms with Gasteiger partial charge in [-0.15, -0.1) is 0 Å². The number of alkyl halides is 6. The van der Waals surface area contributed by atoms with E-state index in [0.717, 1.165) is 35.5 Å². The number of rotatable bonds is 2. The third-order valence-corrected chi connectivity index (χ3v) is 6.23. The molecule has 5 aromatic rings. The van der Waals surface area contributed by atoms with Crippen LogP contribution in [0.25, 0.3) is 21.8 Å². The molecule has 0 spiro atoms. The fourth-order valence-corrected chi connectivity index (χ4v) is 4.35. The molecule has 0 fully saturated rings. The van der Waals surface area contributed by atoms with Gasteiger partial charge in [-0.25, -0.2) is 4.98 Å². The lowest BCUT2D eigenvalue weighted by atomic mass is 10.1. The molecule has 5 N–H and O–H groups in total. The molecule has 8 nitrogen and oxygen atoms in total. The van der Waals surface area contributed by atoms with Gasteiger partial charge in [0.15, 0.2) is 11.6 Å². The van der Waals surface area contributed by atoms with Crippen LogP contribution in [0.4, 0.5) is 38.1 Å². The van der Waals surface area contributed by atoms with Crippen molar-refractivity contribution in [3.05, 3.63) is 65.1 Å². The minimum absolute atomic E-state index is 0. The summed E-state index contributed by atoms with van der Waals surface area (Å²) in [6.45, 7) is 3.59. The van der Waals surface area contributed by atoms with Crippen LogP contribution in [0, 0.1) is 13.8 Å². The molecule has 0 aliphatic carbocycles. The van der Waals surface area contributed by atoms with Crippen LogP contribution in [0.2, 0.25) is 0 Å². The normalized spacial score (nSPS) is 11.8. The van der Waals surface area contributed by atoms with E-state index in [1.165, 1.54) is 6.07 Å². The molecular formula is C27H28F6N6O2. The highest BCUT2D eigenvalue weighted by Crippen LogP contribution is 2.42. The Morgan fingerprint density at radius 2 is 1.27 bits per heavy atom. The summed E-state index contributed by atoms with van der Waals surface area (Å²) in [5, 5.41) is 10.6. The standard InChI is InChI=1S/C15H14F3N5O.C11H10F3NO.CH4/c1-7-6-23(2)10-4-9(15(16,17)18)11(3-8(7)10)24-12-5-21-14(20)22-13(12)19;1-6-5-15(2)9-4-8(11(12,13)14)10(16)3-7(6)9;/h3-6H,1-2H3,(H4,19,20,21,22);3-5,16H,1-2H3;1H4. The van der Waals surface area contributed by atoms with E-state index in [0.29, 0.717) is 21.8 Å². The van der Waals surface area contributed by atoms with Crippen LogP contribution in [0.1, 0.15) is 29.7 Å². The first-order chi connectivity index (χ1) is 18.5. The Morgan fingerprint density at radius 1 is 0.780 bits per heavy atom. The first-order valence-electron chi connectivity index (χ1n) is 11.6. The number of fused-ring (bicyclic) bond motifs is 2. The maximum absolute atomic E-state index is 13.4. The number of hydrogen-bond acceptors (Lipinski definition) is 6. The SMILES string of the molecule is C.Cc1cn(C)c2cc(C(F)(F)F)c(O)cc12.Cc1cn(C)c2cc(C(F)(F)F)c(Oc3cnc(N)nc3N)cc12. The predicted octanol–water partition coefficient (Wildman–Crippen LogP) is 7.10. The van der Waals surface area contributed by atoms with Crippen molar-refractivity contribution < 1.29 is 36.2 Å². The molecule has 0 aliphatic rings. The maximum Gasteiger partial charge on any atom is 0.420 e. The maximum atomic E-state index is 13.4. The van der Waals surface area contributed by atoms with E-state index in [2.05, 4.69) is 9.97 Å². The van der Waals surface area contributed by atoms with E-state index in [9.17, 15) is 31.4 Å². The molecule has 5 rings (SSSR count). The number of nitrogens with zero attached hydrogens (tertiary/aromatic N) is 4. The third kappa shape index (κ3) is 6.10. The van der Waals surface area contributed by atoms with Crippen LogP contribution >= 0.6 is 0 Å². The van der Waals surface area contributed by atoms with Crippen molar-refractivity contribution >= 4 is 33.6 Å². The average Bonchev–Trinajstić information content (AvgIpc) is 3.27. The summed E-state index contributed by atoms with van der Waals surface area (Å²) in [6, 6.07) is 4.51. The molecule has 14 heteroatoms. The molecular weight excluding hydrogens is 554 g/mol. The van der Waals surface area contributed by atoms with Crippen molar-refractivity contribution in [2.75, 3.05) is 11.5 Å². The molecule has 0 bridgehead atoms. The van der Waals surface area contributed by atoms with Gasteiger partial charge in [0.25, 0.3) is 0 Å². The van der Waals surface area contributed by atoms with Crippen LogP contribution in [0.15, 0.2) is 42.9 Å². The number of aromatic nitrogens is 4. The molecule has 0 atom stereocenters. The number of hydrogen-bond donors (Lipinski definition) is 3. The molecule has 3 heterocycles. The van der Waals surface area contributed by atoms with E-state index in [1.807, 2.05) is 0 Å². The molecule has 0 unspecified atom stereocenters. The van der Waals surface area contributed by atoms with Gasteiger partial charge in [-0.1, -0.05) is 7.43 Å². The topological polar surface area (TPSA) is 117 Å². The second-order valence-electron chi connectivity index (χ2n) is 9.17. The van der Waals surface area contributed by atoms with Gasteiger partial charge in [-0.05, 0) is 49.2 Å². The van der Waals surface area contributed by atoms with Crippen LogP contribution in [0.3, 0.4) is 0 Å². The molecule has 0 saturated heterocycles. The van der Waals surface area contributed by atoms with Gasteiger partial charge in [0.1, 0.15) is 17.1 Å². The Bertz CT molecular complexity index is 1740. The summed E-state index contributed by atoms with van der Waals surface area (Å²) in [5.41, 5.74) is 11.7. The monoisotopic (exact) mass is 582 g/mol. The lowest BCUT2D eigenvalue weighted by Gasteiger charge is -2.15. The average molecular weight is 583 g/mol. The Balaban J connectivity index is 0.000000238. The van der Waals surface area contributed by atoms with Gasteiger partial charge in [-0.3, -0.25) is 0 Å². The van der Waals surface area contributed by atoms with E-state index in [-0.39, 0.29) is 30.7 Å². The van der Waals surface area contributed by atoms with Crippen molar-refractivity contribution in [1.82, 2.24) is 19.1 Å². The first kappa shape index (κ1) is 30.9. The van der Waals surface area contributed by atoms with Gasteiger partial charge in [0, 0.05) is 48.3 Å².